The summed E-state index contributed by atoms with van der Waals surface area (Å²) in [7, 11) is 2.67. The lowest BCUT2D eigenvalue weighted by Crippen LogP contribution is -2.38. The molecule has 0 saturated carbocycles. The van der Waals surface area contributed by atoms with Crippen LogP contribution in [-0.2, 0) is 14.1 Å². The molecule has 0 aliphatic heterocycles. The summed E-state index contributed by atoms with van der Waals surface area (Å²) in [5, 5.41) is 10.6. The number of aliphatic imine (C=N–C) groups is 1. The summed E-state index contributed by atoms with van der Waals surface area (Å²) >= 11 is 0. The van der Waals surface area contributed by atoms with Crippen LogP contribution >= 0.6 is 0 Å². The van der Waals surface area contributed by atoms with Crippen molar-refractivity contribution < 1.29 is 9.52 Å². The second-order valence-electron chi connectivity index (χ2n) is 5.18. The van der Waals surface area contributed by atoms with Crippen LogP contribution in [0.2, 0.25) is 0 Å². The van der Waals surface area contributed by atoms with E-state index in [9.17, 15) is 19.5 Å². The summed E-state index contributed by atoms with van der Waals surface area (Å²) in [4.78, 5) is 39.1. The summed E-state index contributed by atoms with van der Waals surface area (Å²) in [5.41, 5.74) is -0.910. The Morgan fingerprint density at radius 2 is 1.83 bits per heavy atom. The van der Waals surface area contributed by atoms with Crippen molar-refractivity contribution in [3.63, 3.8) is 0 Å². The number of aromatic hydroxyl groups is 1. The van der Waals surface area contributed by atoms with Crippen molar-refractivity contribution in [2.75, 3.05) is 0 Å². The zero-order chi connectivity index (χ0) is 17.4. The van der Waals surface area contributed by atoms with Gasteiger partial charge in [-0.25, -0.2) is 9.59 Å². The second kappa shape index (κ2) is 5.65. The summed E-state index contributed by atoms with van der Waals surface area (Å²) in [6.07, 6.45) is 1.19. The van der Waals surface area contributed by atoms with Crippen LogP contribution in [0.15, 0.2) is 54.1 Å². The van der Waals surface area contributed by atoms with E-state index in [0.29, 0.717) is 16.7 Å². The highest BCUT2D eigenvalue weighted by atomic mass is 16.4. The number of fused-ring (bicyclic) bond motifs is 1. The molecule has 0 fully saturated rings. The molecule has 0 atom stereocenters. The smallest absolute Gasteiger partial charge is 0.336 e. The summed E-state index contributed by atoms with van der Waals surface area (Å²) in [6, 6.07) is 7.75. The predicted octanol–water partition coefficient (Wildman–Crippen LogP) is 0.647. The van der Waals surface area contributed by atoms with Crippen molar-refractivity contribution in [3.8, 4) is 5.88 Å². The summed E-state index contributed by atoms with van der Waals surface area (Å²) in [6.45, 7) is 0. The van der Waals surface area contributed by atoms with E-state index in [2.05, 4.69) is 4.99 Å². The Kier molecular flexibility index (Phi) is 3.64. The number of hydrogen-bond acceptors (Lipinski definition) is 6. The SMILES string of the molecule is Cn1c(O)c(C=Nc2ccc3oc(=O)ccc3c2)c(=O)n(C)c1=O. The topological polar surface area (TPSA) is 107 Å². The number of rotatable bonds is 2. The molecule has 3 rings (SSSR count). The molecule has 8 nitrogen and oxygen atoms in total. The van der Waals surface area contributed by atoms with Gasteiger partial charge in [-0.3, -0.25) is 18.9 Å². The third-order valence-electron chi connectivity index (χ3n) is 3.61. The fraction of sp³-hybridized carbons (Fsp3) is 0.125. The molecule has 8 heteroatoms. The van der Waals surface area contributed by atoms with Crippen molar-refractivity contribution in [2.45, 2.75) is 0 Å². The maximum atomic E-state index is 12.1. The zero-order valence-electron chi connectivity index (χ0n) is 12.9. The first-order valence-electron chi connectivity index (χ1n) is 6.95. The van der Waals surface area contributed by atoms with E-state index in [1.807, 2.05) is 0 Å². The molecule has 1 aromatic carbocycles. The van der Waals surface area contributed by atoms with Crippen LogP contribution in [0.5, 0.6) is 5.88 Å². The molecular formula is C16H13N3O5. The highest BCUT2D eigenvalue weighted by molar-refractivity contribution is 5.86. The van der Waals surface area contributed by atoms with E-state index in [1.54, 1.807) is 24.3 Å². The van der Waals surface area contributed by atoms with Crippen molar-refractivity contribution in [1.29, 1.82) is 0 Å². The van der Waals surface area contributed by atoms with E-state index in [4.69, 9.17) is 4.42 Å². The van der Waals surface area contributed by atoms with Crippen LogP contribution in [0.25, 0.3) is 11.0 Å². The molecule has 122 valence electrons. The lowest BCUT2D eigenvalue weighted by molar-refractivity contribution is 0.410. The van der Waals surface area contributed by atoms with Gasteiger partial charge < -0.3 is 9.52 Å². The average molecular weight is 327 g/mol. The van der Waals surface area contributed by atoms with Gasteiger partial charge in [-0.1, -0.05) is 0 Å². The first-order chi connectivity index (χ1) is 11.4. The Balaban J connectivity index is 2.09. The number of hydrogen-bond donors (Lipinski definition) is 1. The van der Waals surface area contributed by atoms with Gasteiger partial charge in [0.2, 0.25) is 5.88 Å². The molecule has 2 aromatic heterocycles. The van der Waals surface area contributed by atoms with Gasteiger partial charge in [-0.05, 0) is 24.3 Å². The van der Waals surface area contributed by atoms with Crippen LogP contribution < -0.4 is 16.9 Å². The Labute approximate surface area is 134 Å². The quantitative estimate of drug-likeness (QED) is 0.549. The standard InChI is InChI=1S/C16H13N3O5/c1-18-14(21)11(15(22)19(2)16(18)23)8-17-10-4-5-12-9(7-10)3-6-13(20)24-12/h3-8,21H,1-2H3. The third-order valence-corrected chi connectivity index (χ3v) is 3.61. The van der Waals surface area contributed by atoms with Crippen molar-refractivity contribution in [2.24, 2.45) is 19.1 Å². The van der Waals surface area contributed by atoms with E-state index in [-0.39, 0.29) is 5.56 Å². The van der Waals surface area contributed by atoms with Gasteiger partial charge in [0.15, 0.2) is 0 Å². The molecule has 0 saturated heterocycles. The minimum Gasteiger partial charge on any atom is -0.494 e. The molecule has 0 aliphatic carbocycles. The van der Waals surface area contributed by atoms with Gasteiger partial charge in [0, 0.05) is 31.8 Å². The van der Waals surface area contributed by atoms with Gasteiger partial charge >= 0.3 is 11.3 Å². The molecule has 0 amide bonds. The van der Waals surface area contributed by atoms with Crippen molar-refractivity contribution in [1.82, 2.24) is 9.13 Å². The van der Waals surface area contributed by atoms with Gasteiger partial charge in [0.05, 0.1) is 5.69 Å². The Bertz CT molecular complexity index is 1150. The average Bonchev–Trinajstić information content (AvgIpc) is 2.58. The normalized spacial score (nSPS) is 11.4. The van der Waals surface area contributed by atoms with Crippen LogP contribution in [0, 0.1) is 0 Å². The van der Waals surface area contributed by atoms with Gasteiger partial charge in [0.25, 0.3) is 5.56 Å². The van der Waals surface area contributed by atoms with Crippen LogP contribution in [0.1, 0.15) is 5.56 Å². The summed E-state index contributed by atoms with van der Waals surface area (Å²) in [5.74, 6) is -0.460. The Hall–Kier alpha value is -3.42. The Morgan fingerprint density at radius 3 is 2.58 bits per heavy atom. The minimum atomic E-state index is -0.647. The monoisotopic (exact) mass is 327 g/mol. The molecule has 3 aromatic rings. The van der Waals surface area contributed by atoms with E-state index < -0.39 is 22.8 Å². The predicted molar refractivity (Wildman–Crippen MR) is 88.3 cm³/mol. The largest absolute Gasteiger partial charge is 0.494 e. The van der Waals surface area contributed by atoms with E-state index >= 15 is 0 Å². The minimum absolute atomic E-state index is 0.0979. The molecular weight excluding hydrogens is 314 g/mol. The number of benzene rings is 1. The molecule has 0 spiro atoms. The first-order valence-corrected chi connectivity index (χ1v) is 6.95. The highest BCUT2D eigenvalue weighted by Crippen LogP contribution is 2.20. The first kappa shape index (κ1) is 15.5. The van der Waals surface area contributed by atoms with Crippen LogP contribution in [0.3, 0.4) is 0 Å². The van der Waals surface area contributed by atoms with Gasteiger partial charge in [0.1, 0.15) is 11.1 Å². The maximum Gasteiger partial charge on any atom is 0.336 e. The summed E-state index contributed by atoms with van der Waals surface area (Å²) < 4.78 is 6.86. The van der Waals surface area contributed by atoms with E-state index in [1.165, 1.54) is 26.4 Å². The maximum absolute atomic E-state index is 12.1. The van der Waals surface area contributed by atoms with Crippen molar-refractivity contribution in [3.05, 3.63) is 67.2 Å². The molecule has 0 radical (unpaired) electrons. The van der Waals surface area contributed by atoms with Gasteiger partial charge in [-0.2, -0.15) is 0 Å². The van der Waals surface area contributed by atoms with Gasteiger partial charge in [-0.15, -0.1) is 0 Å². The fourth-order valence-corrected chi connectivity index (χ4v) is 2.25. The molecule has 2 heterocycles. The van der Waals surface area contributed by atoms with Crippen LogP contribution in [-0.4, -0.2) is 20.5 Å². The molecule has 0 unspecified atom stereocenters. The fourth-order valence-electron chi connectivity index (χ4n) is 2.25. The second-order valence-corrected chi connectivity index (χ2v) is 5.18. The Morgan fingerprint density at radius 1 is 1.08 bits per heavy atom. The third kappa shape index (κ3) is 2.54. The number of nitrogens with zero attached hydrogens (tertiary/aromatic N) is 3. The molecule has 24 heavy (non-hydrogen) atoms. The highest BCUT2D eigenvalue weighted by Gasteiger charge is 2.12. The molecule has 0 bridgehead atoms. The van der Waals surface area contributed by atoms with Crippen molar-refractivity contribution >= 4 is 22.9 Å². The lowest BCUT2D eigenvalue weighted by Gasteiger charge is -2.07. The number of aromatic nitrogens is 2. The molecule has 1 N–H and O–H groups in total. The van der Waals surface area contributed by atoms with E-state index in [0.717, 1.165) is 9.13 Å². The molecule has 0 aliphatic rings. The lowest BCUT2D eigenvalue weighted by atomic mass is 10.2. The van der Waals surface area contributed by atoms with Crippen LogP contribution in [0.4, 0.5) is 5.69 Å². The zero-order valence-corrected chi connectivity index (χ0v) is 12.9.